The van der Waals surface area contributed by atoms with E-state index in [1.165, 1.54) is 13.2 Å². The van der Waals surface area contributed by atoms with Crippen molar-refractivity contribution < 1.29 is 18.5 Å². The van der Waals surface area contributed by atoms with Crippen molar-refractivity contribution in [3.8, 4) is 17.2 Å². The third-order valence-corrected chi connectivity index (χ3v) is 4.36. The van der Waals surface area contributed by atoms with Crippen molar-refractivity contribution in [1.82, 2.24) is 10.2 Å². The predicted molar refractivity (Wildman–Crippen MR) is 92.9 cm³/mol. The first kappa shape index (κ1) is 17.9. The first-order valence-electron chi connectivity index (χ1n) is 7.49. The molecule has 0 spiro atoms. The zero-order valence-electron chi connectivity index (χ0n) is 14.1. The second-order valence-electron chi connectivity index (χ2n) is 5.56. The van der Waals surface area contributed by atoms with E-state index in [4.69, 9.17) is 9.15 Å². The fourth-order valence-corrected chi connectivity index (χ4v) is 3.32. The van der Waals surface area contributed by atoms with Gasteiger partial charge in [0.05, 0.1) is 12.0 Å². The maximum atomic E-state index is 14.0. The third kappa shape index (κ3) is 3.67. The Kier molecular flexibility index (Phi) is 4.90. The van der Waals surface area contributed by atoms with Gasteiger partial charge >= 0.3 is 5.69 Å². The third-order valence-electron chi connectivity index (χ3n) is 3.49. The molecule has 0 N–H and O–H groups in total. The molecule has 2 aromatic carbocycles. The Labute approximate surface area is 152 Å². The van der Waals surface area contributed by atoms with Crippen molar-refractivity contribution in [2.24, 2.45) is 0 Å². The predicted octanol–water partition coefficient (Wildman–Crippen LogP) is 4.56. The van der Waals surface area contributed by atoms with Crippen LogP contribution in [-0.2, 0) is 0 Å². The Morgan fingerprint density at radius 3 is 2.46 bits per heavy atom. The molecule has 0 aliphatic heterocycles. The second-order valence-corrected chi connectivity index (χ2v) is 6.56. The van der Waals surface area contributed by atoms with E-state index in [1.54, 1.807) is 0 Å². The summed E-state index contributed by atoms with van der Waals surface area (Å²) in [5.74, 6) is -0.555. The molecule has 134 valence electrons. The molecule has 0 unspecified atom stereocenters. The number of nitrogens with zero attached hydrogens (tertiary/aromatic N) is 3. The van der Waals surface area contributed by atoms with Crippen molar-refractivity contribution in [2.75, 3.05) is 7.11 Å². The number of rotatable bonds is 5. The van der Waals surface area contributed by atoms with E-state index in [9.17, 15) is 14.5 Å². The number of hydrogen-bond acceptors (Lipinski definition) is 7. The molecule has 3 rings (SSSR count). The largest absolute Gasteiger partial charge is 0.497 e. The highest BCUT2D eigenvalue weighted by Crippen LogP contribution is 2.39. The Bertz CT molecular complexity index is 970. The van der Waals surface area contributed by atoms with Gasteiger partial charge in [-0.25, -0.2) is 0 Å². The number of nitro benzene ring substituents is 1. The van der Waals surface area contributed by atoms with Crippen molar-refractivity contribution in [1.29, 1.82) is 0 Å². The van der Waals surface area contributed by atoms with E-state index in [0.717, 1.165) is 34.5 Å². The molecule has 0 fully saturated rings. The van der Waals surface area contributed by atoms with Crippen LogP contribution in [-0.4, -0.2) is 22.2 Å². The minimum atomic E-state index is -0.995. The fourth-order valence-electron chi connectivity index (χ4n) is 2.48. The van der Waals surface area contributed by atoms with E-state index < -0.39 is 16.4 Å². The van der Waals surface area contributed by atoms with Crippen LogP contribution in [0.5, 0.6) is 5.75 Å². The van der Waals surface area contributed by atoms with Crippen LogP contribution in [0.15, 0.2) is 44.9 Å². The lowest BCUT2D eigenvalue weighted by Gasteiger charge is -2.04. The van der Waals surface area contributed by atoms with Gasteiger partial charge in [-0.05, 0) is 37.7 Å². The lowest BCUT2D eigenvalue weighted by molar-refractivity contribution is -0.390. The van der Waals surface area contributed by atoms with Crippen molar-refractivity contribution in [3.05, 3.63) is 57.4 Å². The molecular formula is C17H14FN3O4S. The summed E-state index contributed by atoms with van der Waals surface area (Å²) in [4.78, 5) is 10.4. The Hall–Kier alpha value is -2.94. The smallest absolute Gasteiger partial charge is 0.319 e. The minimum Gasteiger partial charge on any atom is -0.497 e. The normalized spacial score (nSPS) is 10.8. The van der Waals surface area contributed by atoms with E-state index in [1.807, 2.05) is 32.0 Å². The summed E-state index contributed by atoms with van der Waals surface area (Å²) in [5.41, 5.74) is 2.16. The number of benzene rings is 2. The van der Waals surface area contributed by atoms with Crippen LogP contribution in [0.1, 0.15) is 11.1 Å². The minimum absolute atomic E-state index is 0.0162. The summed E-state index contributed by atoms with van der Waals surface area (Å²) < 4.78 is 24.6. The standard InChI is InChI=1S/C17H14FN3O4S/c1-9-4-10(2)6-11(5-9)16-19-20-17(25-16)26-14-8-12(24-3)7-13(18)15(14)21(22)23/h4-8H,1-3H3. The van der Waals surface area contributed by atoms with Gasteiger partial charge in [-0.2, -0.15) is 4.39 Å². The van der Waals surface area contributed by atoms with Gasteiger partial charge in [0.1, 0.15) is 10.6 Å². The number of methoxy groups -OCH3 is 1. The quantitative estimate of drug-likeness (QED) is 0.477. The molecule has 0 atom stereocenters. The van der Waals surface area contributed by atoms with Crippen LogP contribution in [0.25, 0.3) is 11.5 Å². The lowest BCUT2D eigenvalue weighted by Crippen LogP contribution is -1.96. The molecule has 0 bridgehead atoms. The first-order chi connectivity index (χ1) is 12.4. The van der Waals surface area contributed by atoms with Crippen molar-refractivity contribution in [2.45, 2.75) is 24.0 Å². The van der Waals surface area contributed by atoms with E-state index in [2.05, 4.69) is 10.2 Å². The van der Waals surface area contributed by atoms with Gasteiger partial charge in [0.15, 0.2) is 0 Å². The van der Waals surface area contributed by atoms with Crippen LogP contribution in [0, 0.1) is 29.8 Å². The molecule has 3 aromatic rings. The van der Waals surface area contributed by atoms with Crippen LogP contribution < -0.4 is 4.74 Å². The lowest BCUT2D eigenvalue weighted by atomic mass is 10.1. The zero-order valence-corrected chi connectivity index (χ0v) is 15.0. The maximum Gasteiger partial charge on any atom is 0.319 e. The molecule has 0 aliphatic rings. The van der Waals surface area contributed by atoms with E-state index >= 15 is 0 Å². The highest BCUT2D eigenvalue weighted by molar-refractivity contribution is 7.99. The Balaban J connectivity index is 1.97. The number of aromatic nitrogens is 2. The summed E-state index contributed by atoms with van der Waals surface area (Å²) in [5, 5.41) is 19.1. The van der Waals surface area contributed by atoms with Crippen LogP contribution in [0.4, 0.5) is 10.1 Å². The molecule has 1 heterocycles. The van der Waals surface area contributed by atoms with Gasteiger partial charge in [-0.3, -0.25) is 10.1 Å². The average Bonchev–Trinajstić information content (AvgIpc) is 3.01. The molecular weight excluding hydrogens is 361 g/mol. The van der Waals surface area contributed by atoms with Gasteiger partial charge < -0.3 is 9.15 Å². The topological polar surface area (TPSA) is 91.3 Å². The van der Waals surface area contributed by atoms with Crippen LogP contribution in [0.2, 0.25) is 0 Å². The number of halogens is 1. The maximum absolute atomic E-state index is 14.0. The molecule has 0 radical (unpaired) electrons. The summed E-state index contributed by atoms with van der Waals surface area (Å²) in [6.07, 6.45) is 0. The summed E-state index contributed by atoms with van der Waals surface area (Å²) in [6.45, 7) is 3.90. The van der Waals surface area contributed by atoms with Gasteiger partial charge in [-0.15, -0.1) is 10.2 Å². The van der Waals surface area contributed by atoms with E-state index in [0.29, 0.717) is 0 Å². The summed E-state index contributed by atoms with van der Waals surface area (Å²) in [6, 6.07) is 8.10. The van der Waals surface area contributed by atoms with Crippen molar-refractivity contribution in [3.63, 3.8) is 0 Å². The SMILES string of the molecule is COc1cc(F)c([N+](=O)[O-])c(Sc2nnc(-c3cc(C)cc(C)c3)o2)c1. The Morgan fingerprint density at radius 2 is 1.85 bits per heavy atom. The fraction of sp³-hybridized carbons (Fsp3) is 0.176. The molecule has 0 aliphatic carbocycles. The van der Waals surface area contributed by atoms with Gasteiger partial charge in [0, 0.05) is 17.7 Å². The van der Waals surface area contributed by atoms with Crippen LogP contribution in [0.3, 0.4) is 0 Å². The van der Waals surface area contributed by atoms with Gasteiger partial charge in [-0.1, -0.05) is 17.2 Å². The average molecular weight is 375 g/mol. The monoisotopic (exact) mass is 375 g/mol. The number of aryl methyl sites for hydroxylation is 2. The van der Waals surface area contributed by atoms with E-state index in [-0.39, 0.29) is 21.8 Å². The highest BCUT2D eigenvalue weighted by Gasteiger charge is 2.25. The van der Waals surface area contributed by atoms with Gasteiger partial charge in [0.25, 0.3) is 5.22 Å². The number of nitro groups is 1. The Morgan fingerprint density at radius 1 is 1.15 bits per heavy atom. The molecule has 7 nitrogen and oxygen atoms in total. The number of hydrogen-bond donors (Lipinski definition) is 0. The van der Waals surface area contributed by atoms with Crippen molar-refractivity contribution >= 4 is 17.4 Å². The number of ether oxygens (including phenoxy) is 1. The first-order valence-corrected chi connectivity index (χ1v) is 8.31. The van der Waals surface area contributed by atoms with Crippen LogP contribution >= 0.6 is 11.8 Å². The molecule has 1 aromatic heterocycles. The summed E-state index contributed by atoms with van der Waals surface area (Å²) in [7, 11) is 1.35. The molecule has 0 saturated carbocycles. The molecule has 0 amide bonds. The second kappa shape index (κ2) is 7.12. The molecule has 0 saturated heterocycles. The molecule has 26 heavy (non-hydrogen) atoms. The zero-order chi connectivity index (χ0) is 18.8. The summed E-state index contributed by atoms with van der Waals surface area (Å²) >= 11 is 0.808. The highest BCUT2D eigenvalue weighted by atomic mass is 32.2. The van der Waals surface area contributed by atoms with Gasteiger partial charge in [0.2, 0.25) is 11.7 Å². The molecule has 9 heteroatoms.